The first-order chi connectivity index (χ1) is 8.58. The fraction of sp³-hybridized carbons (Fsp3) is 0.111. The molecule has 0 spiro atoms. The summed E-state index contributed by atoms with van der Waals surface area (Å²) in [6.07, 6.45) is 0. The minimum absolute atomic E-state index is 0.00614. The lowest BCUT2D eigenvalue weighted by Gasteiger charge is -2.04. The van der Waals surface area contributed by atoms with Gasteiger partial charge < -0.3 is 5.73 Å². The number of aromatic nitrogens is 4. The molecule has 1 amide bonds. The van der Waals surface area contributed by atoms with Gasteiger partial charge in [-0.1, -0.05) is 11.8 Å². The highest BCUT2D eigenvalue weighted by molar-refractivity contribution is 7.99. The lowest BCUT2D eigenvalue weighted by Crippen LogP contribution is -2.14. The molecule has 1 heterocycles. The van der Waals surface area contributed by atoms with Crippen LogP contribution >= 0.6 is 11.8 Å². The number of nitrogens with two attached hydrogens (primary N) is 1. The predicted molar refractivity (Wildman–Crippen MR) is 59.0 cm³/mol. The van der Waals surface area contributed by atoms with Crippen LogP contribution in [0.1, 0.15) is 0 Å². The Morgan fingerprint density at radius 1 is 1.44 bits per heavy atom. The molecule has 0 aliphatic heterocycles. The summed E-state index contributed by atoms with van der Waals surface area (Å²) in [5.41, 5.74) is 4.98. The first-order valence-electron chi connectivity index (χ1n) is 4.73. The molecule has 6 nitrogen and oxygen atoms in total. The summed E-state index contributed by atoms with van der Waals surface area (Å²) in [6.45, 7) is 0. The summed E-state index contributed by atoms with van der Waals surface area (Å²) in [7, 11) is 0. The van der Waals surface area contributed by atoms with Crippen LogP contribution < -0.4 is 5.73 Å². The summed E-state index contributed by atoms with van der Waals surface area (Å²) in [4.78, 5) is 10.7. The van der Waals surface area contributed by atoms with Crippen LogP contribution in [0, 0.1) is 11.6 Å². The topological polar surface area (TPSA) is 86.7 Å². The lowest BCUT2D eigenvalue weighted by atomic mass is 10.3. The molecule has 2 aromatic rings. The normalized spacial score (nSPS) is 10.6. The van der Waals surface area contributed by atoms with Gasteiger partial charge in [-0.05, 0) is 22.6 Å². The van der Waals surface area contributed by atoms with E-state index in [0.29, 0.717) is 0 Å². The molecule has 0 unspecified atom stereocenters. The predicted octanol–water partition coefficient (Wildman–Crippen LogP) is 0.518. The van der Waals surface area contributed by atoms with Crippen LogP contribution in [0.5, 0.6) is 0 Å². The van der Waals surface area contributed by atoms with Crippen LogP contribution in [0.4, 0.5) is 8.78 Å². The number of tetrazole rings is 1. The van der Waals surface area contributed by atoms with Crippen molar-refractivity contribution in [3.8, 4) is 5.69 Å². The fourth-order valence-corrected chi connectivity index (χ4v) is 1.83. The number of carbonyl (C=O) groups is 1. The number of halogens is 2. The van der Waals surface area contributed by atoms with Gasteiger partial charge in [0.1, 0.15) is 11.5 Å². The van der Waals surface area contributed by atoms with E-state index < -0.39 is 17.5 Å². The summed E-state index contributed by atoms with van der Waals surface area (Å²) in [6, 6.07) is 3.01. The van der Waals surface area contributed by atoms with E-state index in [1.54, 1.807) is 0 Å². The number of rotatable bonds is 4. The van der Waals surface area contributed by atoms with E-state index >= 15 is 0 Å². The van der Waals surface area contributed by atoms with Gasteiger partial charge in [-0.2, -0.15) is 4.68 Å². The molecule has 2 N–H and O–H groups in total. The molecule has 18 heavy (non-hydrogen) atoms. The minimum atomic E-state index is -0.803. The van der Waals surface area contributed by atoms with Gasteiger partial charge in [0.2, 0.25) is 11.1 Å². The molecule has 9 heteroatoms. The van der Waals surface area contributed by atoms with E-state index in [0.717, 1.165) is 28.6 Å². The Hall–Kier alpha value is -2.03. The highest BCUT2D eigenvalue weighted by Crippen LogP contribution is 2.20. The average molecular weight is 271 g/mol. The summed E-state index contributed by atoms with van der Waals surface area (Å²) < 4.78 is 27.4. The first-order valence-corrected chi connectivity index (χ1v) is 5.71. The molecular weight excluding hydrogens is 264 g/mol. The van der Waals surface area contributed by atoms with E-state index in [4.69, 9.17) is 5.73 Å². The maximum atomic E-state index is 13.5. The van der Waals surface area contributed by atoms with Crippen LogP contribution in [0.2, 0.25) is 0 Å². The Morgan fingerprint density at radius 2 is 2.22 bits per heavy atom. The van der Waals surface area contributed by atoms with Gasteiger partial charge in [-0.3, -0.25) is 4.79 Å². The number of primary amides is 1. The molecule has 1 aromatic carbocycles. The molecular formula is C9H7F2N5OS. The number of carbonyl (C=O) groups excluding carboxylic acids is 1. The molecule has 1 aromatic heterocycles. The molecule has 0 atom stereocenters. The third-order valence-corrected chi connectivity index (χ3v) is 2.86. The summed E-state index contributed by atoms with van der Waals surface area (Å²) in [5, 5.41) is 10.8. The monoisotopic (exact) mass is 271 g/mol. The van der Waals surface area contributed by atoms with E-state index in [-0.39, 0.29) is 16.6 Å². The van der Waals surface area contributed by atoms with Gasteiger partial charge in [-0.25, -0.2) is 8.78 Å². The Balaban J connectivity index is 2.33. The number of benzene rings is 1. The number of hydrogen-bond donors (Lipinski definition) is 1. The molecule has 0 fully saturated rings. The van der Waals surface area contributed by atoms with Gasteiger partial charge in [0.15, 0.2) is 5.82 Å². The first kappa shape index (κ1) is 12.4. The SMILES string of the molecule is NC(=O)CSc1nnnn1-c1ccc(F)cc1F. The van der Waals surface area contributed by atoms with E-state index in [1.165, 1.54) is 6.07 Å². The van der Waals surface area contributed by atoms with E-state index in [9.17, 15) is 13.6 Å². The second-order valence-electron chi connectivity index (χ2n) is 3.22. The maximum absolute atomic E-state index is 13.5. The summed E-state index contributed by atoms with van der Waals surface area (Å²) in [5.74, 6) is -2.09. The second kappa shape index (κ2) is 5.08. The maximum Gasteiger partial charge on any atom is 0.227 e. The van der Waals surface area contributed by atoms with Crippen LogP contribution in [0.25, 0.3) is 5.69 Å². The number of nitrogens with zero attached hydrogens (tertiary/aromatic N) is 4. The van der Waals surface area contributed by atoms with Crippen molar-refractivity contribution in [1.82, 2.24) is 20.2 Å². The fourth-order valence-electron chi connectivity index (χ4n) is 1.21. The zero-order chi connectivity index (χ0) is 13.1. The van der Waals surface area contributed by atoms with Crippen molar-refractivity contribution in [1.29, 1.82) is 0 Å². The average Bonchev–Trinajstić information content (AvgIpc) is 2.74. The van der Waals surface area contributed by atoms with Crippen LogP contribution in [-0.2, 0) is 4.79 Å². The van der Waals surface area contributed by atoms with Gasteiger partial charge in [0, 0.05) is 6.07 Å². The van der Waals surface area contributed by atoms with Crippen molar-refractivity contribution in [3.05, 3.63) is 29.8 Å². The second-order valence-corrected chi connectivity index (χ2v) is 4.17. The molecule has 0 saturated carbocycles. The number of hydrogen-bond acceptors (Lipinski definition) is 5. The Labute approximate surface area is 104 Å². The van der Waals surface area contributed by atoms with Crippen LogP contribution in [0.15, 0.2) is 23.4 Å². The van der Waals surface area contributed by atoms with Crippen LogP contribution in [0.3, 0.4) is 0 Å². The van der Waals surface area contributed by atoms with E-state index in [2.05, 4.69) is 15.5 Å². The molecule has 0 aliphatic rings. The lowest BCUT2D eigenvalue weighted by molar-refractivity contribution is -0.115. The standard InChI is InChI=1S/C9H7F2N5OS/c10-5-1-2-7(6(11)3-5)16-9(13-14-15-16)18-4-8(12)17/h1-3H,4H2,(H2,12,17). The molecule has 0 radical (unpaired) electrons. The number of amides is 1. The minimum Gasteiger partial charge on any atom is -0.369 e. The molecule has 94 valence electrons. The third kappa shape index (κ3) is 2.62. The van der Waals surface area contributed by atoms with E-state index in [1.807, 2.05) is 0 Å². The van der Waals surface area contributed by atoms with Gasteiger partial charge >= 0.3 is 0 Å². The third-order valence-electron chi connectivity index (χ3n) is 1.92. The number of thioether (sulfide) groups is 1. The summed E-state index contributed by atoms with van der Waals surface area (Å²) >= 11 is 0.961. The molecule has 0 bridgehead atoms. The smallest absolute Gasteiger partial charge is 0.227 e. The van der Waals surface area contributed by atoms with Crippen LogP contribution in [-0.4, -0.2) is 31.9 Å². The van der Waals surface area contributed by atoms with Crippen molar-refractivity contribution in [3.63, 3.8) is 0 Å². The molecule has 2 rings (SSSR count). The van der Waals surface area contributed by atoms with Crippen molar-refractivity contribution in [2.75, 3.05) is 5.75 Å². The van der Waals surface area contributed by atoms with Gasteiger partial charge in [0.25, 0.3) is 0 Å². The molecule has 0 saturated heterocycles. The van der Waals surface area contributed by atoms with Crippen molar-refractivity contribution < 1.29 is 13.6 Å². The zero-order valence-corrected chi connectivity index (χ0v) is 9.69. The van der Waals surface area contributed by atoms with Crippen molar-refractivity contribution >= 4 is 17.7 Å². The Morgan fingerprint density at radius 3 is 2.89 bits per heavy atom. The van der Waals surface area contributed by atoms with Crippen molar-refractivity contribution in [2.45, 2.75) is 5.16 Å². The largest absolute Gasteiger partial charge is 0.369 e. The molecule has 0 aliphatic carbocycles. The van der Waals surface area contributed by atoms with Gasteiger partial charge in [0.05, 0.1) is 5.75 Å². The highest BCUT2D eigenvalue weighted by atomic mass is 32.2. The quantitative estimate of drug-likeness (QED) is 0.819. The Kier molecular flexibility index (Phi) is 3.51. The highest BCUT2D eigenvalue weighted by Gasteiger charge is 2.14. The van der Waals surface area contributed by atoms with Gasteiger partial charge in [-0.15, -0.1) is 5.10 Å². The van der Waals surface area contributed by atoms with Crippen molar-refractivity contribution in [2.24, 2.45) is 5.73 Å². The Bertz CT molecular complexity index is 588. The zero-order valence-electron chi connectivity index (χ0n) is 8.88.